The summed E-state index contributed by atoms with van der Waals surface area (Å²) in [4.78, 5) is 51.9. The summed E-state index contributed by atoms with van der Waals surface area (Å²) >= 11 is 37.3. The van der Waals surface area contributed by atoms with E-state index in [-0.39, 0.29) is 54.2 Å². The molecule has 46 heavy (non-hydrogen) atoms. The van der Waals surface area contributed by atoms with Crippen molar-refractivity contribution in [1.82, 2.24) is 0 Å². The number of halogens is 6. The second kappa shape index (κ2) is 14.7. The van der Waals surface area contributed by atoms with E-state index in [1.165, 1.54) is 0 Å². The highest BCUT2D eigenvalue weighted by Gasteiger charge is 2.37. The topological polar surface area (TPSA) is 105 Å². The first kappa shape index (κ1) is 36.9. The molecule has 4 rings (SSSR count). The van der Waals surface area contributed by atoms with Crippen molar-refractivity contribution in [3.63, 3.8) is 0 Å². The van der Waals surface area contributed by atoms with Crippen molar-refractivity contribution in [2.24, 2.45) is 22.7 Å². The maximum Gasteiger partial charge on any atom is 0.423 e. The van der Waals surface area contributed by atoms with E-state index >= 15 is 0 Å². The van der Waals surface area contributed by atoms with Gasteiger partial charge in [0.05, 0.1) is 43.3 Å². The summed E-state index contributed by atoms with van der Waals surface area (Å²) in [6.07, 6.45) is 5.25. The van der Waals surface area contributed by atoms with Crippen LogP contribution in [0.2, 0.25) is 30.1 Å². The number of benzene rings is 2. The van der Waals surface area contributed by atoms with Gasteiger partial charge in [-0.15, -0.1) is 0 Å². The zero-order chi connectivity index (χ0) is 34.1. The molecule has 2 aliphatic carbocycles. The highest BCUT2D eigenvalue weighted by Crippen LogP contribution is 2.47. The molecule has 0 saturated heterocycles. The van der Waals surface area contributed by atoms with Crippen molar-refractivity contribution < 1.29 is 38.1 Å². The van der Waals surface area contributed by atoms with Gasteiger partial charge in [0.25, 0.3) is 0 Å². The summed E-state index contributed by atoms with van der Waals surface area (Å²) < 4.78 is 21.1. The van der Waals surface area contributed by atoms with Crippen molar-refractivity contribution in [3.05, 3.63) is 53.4 Å². The Morgan fingerprint density at radius 2 is 0.935 bits per heavy atom. The lowest BCUT2D eigenvalue weighted by Gasteiger charge is -2.42. The first-order valence-electron chi connectivity index (χ1n) is 14.5. The Hall–Kier alpha value is -1.94. The Morgan fingerprint density at radius 3 is 1.24 bits per heavy atom. The fourth-order valence-corrected chi connectivity index (χ4v) is 7.62. The Balaban J connectivity index is 1.47. The lowest BCUT2D eigenvalue weighted by Crippen LogP contribution is -2.32. The van der Waals surface area contributed by atoms with Gasteiger partial charge >= 0.3 is 23.9 Å². The van der Waals surface area contributed by atoms with Gasteiger partial charge in [-0.25, -0.2) is 19.2 Å². The molecule has 0 N–H and O–H groups in total. The second-order valence-electron chi connectivity index (χ2n) is 13.2. The fraction of sp³-hybridized carbons (Fsp3) is 0.500. The van der Waals surface area contributed by atoms with Gasteiger partial charge in [0, 0.05) is 0 Å². The Morgan fingerprint density at radius 1 is 0.609 bits per heavy atom. The van der Waals surface area contributed by atoms with Crippen LogP contribution in [0.4, 0.5) is 0 Å². The van der Waals surface area contributed by atoms with E-state index < -0.39 is 46.5 Å². The van der Waals surface area contributed by atoms with Crippen molar-refractivity contribution >= 4 is 93.5 Å². The SMILES string of the molecule is CC1(C)CC(CCOC(=O)c2c(Cl)c(Cl)cc(Cl)c2OC(=O)C(=O)Oc2c(Cl)cc(Cl)c(Cl)c2C(=O)OCCC2CC(C)(C)C2)C1. The average Bonchev–Trinajstić information content (AvgIpc) is 2.92. The van der Waals surface area contributed by atoms with Crippen LogP contribution in [-0.4, -0.2) is 37.1 Å². The molecular weight excluding hydrogens is 725 g/mol. The minimum Gasteiger partial charge on any atom is -0.462 e. The molecule has 2 aromatic carbocycles. The van der Waals surface area contributed by atoms with Crippen molar-refractivity contribution in [2.75, 3.05) is 13.2 Å². The van der Waals surface area contributed by atoms with E-state index in [0.29, 0.717) is 24.7 Å². The molecule has 250 valence electrons. The molecular formula is C32H32Cl6O8. The van der Waals surface area contributed by atoms with Crippen molar-refractivity contribution in [3.8, 4) is 11.5 Å². The summed E-state index contributed by atoms with van der Waals surface area (Å²) in [5.41, 5.74) is -0.406. The molecule has 14 heteroatoms. The van der Waals surface area contributed by atoms with Gasteiger partial charge in [0.2, 0.25) is 0 Å². The number of carbonyl (C=O) groups excluding carboxylic acids is 4. The molecule has 0 aromatic heterocycles. The number of rotatable bonds is 10. The predicted molar refractivity (Wildman–Crippen MR) is 177 cm³/mol. The minimum absolute atomic E-state index is 0.0722. The maximum atomic E-state index is 13.0. The van der Waals surface area contributed by atoms with Gasteiger partial charge in [-0.05, 0) is 73.3 Å². The predicted octanol–water partition coefficient (Wildman–Crippen LogP) is 10.1. The van der Waals surface area contributed by atoms with Gasteiger partial charge in [-0.2, -0.15) is 0 Å². The number of carbonyl (C=O) groups is 4. The van der Waals surface area contributed by atoms with Crippen LogP contribution in [0, 0.1) is 22.7 Å². The molecule has 0 radical (unpaired) electrons. The molecule has 0 spiro atoms. The van der Waals surface area contributed by atoms with Crippen LogP contribution in [0.15, 0.2) is 12.1 Å². The smallest absolute Gasteiger partial charge is 0.423 e. The molecule has 0 aliphatic heterocycles. The van der Waals surface area contributed by atoms with Crippen molar-refractivity contribution in [1.29, 1.82) is 0 Å². The Labute approximate surface area is 297 Å². The highest BCUT2D eigenvalue weighted by atomic mass is 35.5. The largest absolute Gasteiger partial charge is 0.462 e. The van der Waals surface area contributed by atoms with E-state index in [2.05, 4.69) is 27.7 Å². The molecule has 0 heterocycles. The first-order chi connectivity index (χ1) is 21.4. The lowest BCUT2D eigenvalue weighted by atomic mass is 9.63. The third-order valence-electron chi connectivity index (χ3n) is 8.10. The van der Waals surface area contributed by atoms with Crippen LogP contribution in [0.5, 0.6) is 11.5 Å². The van der Waals surface area contributed by atoms with Crippen molar-refractivity contribution in [2.45, 2.75) is 66.2 Å². The summed E-state index contributed by atoms with van der Waals surface area (Å²) in [5, 5.41) is -1.47. The van der Waals surface area contributed by atoms with Gasteiger partial charge in [-0.3, -0.25) is 0 Å². The van der Waals surface area contributed by atoms with Crippen LogP contribution < -0.4 is 9.47 Å². The molecule has 2 saturated carbocycles. The van der Waals surface area contributed by atoms with Gasteiger partial charge in [0.1, 0.15) is 11.1 Å². The second-order valence-corrected chi connectivity index (χ2v) is 15.6. The number of hydrogen-bond donors (Lipinski definition) is 0. The first-order valence-corrected chi connectivity index (χ1v) is 16.8. The van der Waals surface area contributed by atoms with E-state index in [1.807, 2.05) is 0 Å². The third-order valence-corrected chi connectivity index (χ3v) is 10.2. The molecule has 0 amide bonds. The molecule has 0 bridgehead atoms. The Bertz CT molecular complexity index is 1440. The summed E-state index contributed by atoms with van der Waals surface area (Å²) in [5.74, 6) is -5.56. The fourth-order valence-electron chi connectivity index (χ4n) is 6.19. The highest BCUT2D eigenvalue weighted by molar-refractivity contribution is 6.47. The minimum atomic E-state index is -1.64. The Kier molecular flexibility index (Phi) is 11.8. The normalized spacial score (nSPS) is 17.0. The number of hydrogen-bond acceptors (Lipinski definition) is 8. The van der Waals surface area contributed by atoms with Crippen LogP contribution in [0.3, 0.4) is 0 Å². The van der Waals surface area contributed by atoms with Crippen LogP contribution in [0.1, 0.15) is 86.9 Å². The van der Waals surface area contributed by atoms with E-state index in [9.17, 15) is 19.2 Å². The third kappa shape index (κ3) is 8.74. The molecule has 2 aliphatic rings. The molecule has 0 unspecified atom stereocenters. The summed E-state index contributed by atoms with van der Waals surface area (Å²) in [6, 6.07) is 2.25. The monoisotopic (exact) mass is 754 g/mol. The standard InChI is InChI=1S/C32H32Cl6O8/c1-31(2)11-15(12-31)5-7-43-27(39)21-23(37)17(33)9-19(35)25(21)45-29(41)30(42)46-26-20(36)10-18(34)24(38)22(26)28(40)44-8-6-16-13-32(3,4)14-16/h9-10,15-16H,5-8,11-14H2,1-4H3. The maximum absolute atomic E-state index is 13.0. The molecule has 8 nitrogen and oxygen atoms in total. The van der Waals surface area contributed by atoms with E-state index in [0.717, 1.165) is 37.8 Å². The van der Waals surface area contributed by atoms with Gasteiger partial charge < -0.3 is 18.9 Å². The van der Waals surface area contributed by atoms with E-state index in [4.69, 9.17) is 88.6 Å². The summed E-state index contributed by atoms with van der Waals surface area (Å²) in [6.45, 7) is 8.79. The summed E-state index contributed by atoms with van der Waals surface area (Å²) in [7, 11) is 0. The van der Waals surface area contributed by atoms with Crippen LogP contribution >= 0.6 is 69.6 Å². The van der Waals surface area contributed by atoms with Gasteiger partial charge in [-0.1, -0.05) is 97.3 Å². The average molecular weight is 757 g/mol. The quantitative estimate of drug-likeness (QED) is 0.102. The zero-order valence-electron chi connectivity index (χ0n) is 25.5. The lowest BCUT2D eigenvalue weighted by molar-refractivity contribution is -0.156. The van der Waals surface area contributed by atoms with Crippen LogP contribution in [0.25, 0.3) is 0 Å². The molecule has 2 aromatic rings. The number of ether oxygens (including phenoxy) is 4. The van der Waals surface area contributed by atoms with Crippen LogP contribution in [-0.2, 0) is 19.1 Å². The van der Waals surface area contributed by atoms with E-state index in [1.54, 1.807) is 0 Å². The molecule has 2 fully saturated rings. The van der Waals surface area contributed by atoms with Gasteiger partial charge in [0.15, 0.2) is 11.5 Å². The number of esters is 4. The molecule has 0 atom stereocenters. The zero-order valence-corrected chi connectivity index (χ0v) is 30.0.